The van der Waals surface area contributed by atoms with Gasteiger partial charge in [-0.1, -0.05) is 13.3 Å². The molecule has 2 aliphatic heterocycles. The van der Waals surface area contributed by atoms with Crippen molar-refractivity contribution in [1.82, 2.24) is 0 Å². The summed E-state index contributed by atoms with van der Waals surface area (Å²) in [7, 11) is 1.70. The molecule has 4 bridgehead atoms. The number of benzene rings is 2. The van der Waals surface area contributed by atoms with E-state index in [4.69, 9.17) is 9.73 Å². The standard InChI is InChI=1S/C26H29NO3/c1-26-8-3-4-21(26)17-12-22-18-13-24(30-2)20(11-16(18)15(17)7-9-26)25(27-22)19-10-14(28)5-6-23(19)29/h5-6,10-11,13,15,17,21,25,28-29H,3-4,7-9,12H2,1-2H3/t15-,17-,21+,25?,26+/m1/s1. The van der Waals surface area contributed by atoms with E-state index in [1.54, 1.807) is 19.2 Å². The zero-order valence-electron chi connectivity index (χ0n) is 17.7. The van der Waals surface area contributed by atoms with Gasteiger partial charge in [-0.05, 0) is 91.2 Å². The van der Waals surface area contributed by atoms with E-state index in [9.17, 15) is 10.2 Å². The molecule has 2 fully saturated rings. The molecule has 2 saturated carbocycles. The van der Waals surface area contributed by atoms with Gasteiger partial charge < -0.3 is 14.9 Å². The number of nitrogens with zero attached hydrogens (tertiary/aromatic N) is 1. The second-order valence-corrected chi connectivity index (χ2v) is 10.1. The van der Waals surface area contributed by atoms with Crippen LogP contribution in [0.25, 0.3) is 0 Å². The molecular weight excluding hydrogens is 374 g/mol. The van der Waals surface area contributed by atoms with Crippen molar-refractivity contribution >= 4 is 5.71 Å². The number of phenols is 2. The van der Waals surface area contributed by atoms with Crippen molar-refractivity contribution in [2.75, 3.05) is 7.11 Å². The van der Waals surface area contributed by atoms with Gasteiger partial charge in [0.25, 0.3) is 0 Å². The molecule has 0 saturated heterocycles. The van der Waals surface area contributed by atoms with E-state index in [0.29, 0.717) is 22.8 Å². The minimum Gasteiger partial charge on any atom is -0.508 e. The largest absolute Gasteiger partial charge is 0.508 e. The summed E-state index contributed by atoms with van der Waals surface area (Å²) < 4.78 is 5.75. The van der Waals surface area contributed by atoms with Gasteiger partial charge in [0, 0.05) is 22.4 Å². The van der Waals surface area contributed by atoms with Crippen molar-refractivity contribution in [2.45, 2.75) is 57.4 Å². The predicted molar refractivity (Wildman–Crippen MR) is 117 cm³/mol. The topological polar surface area (TPSA) is 62.0 Å². The number of rotatable bonds is 2. The summed E-state index contributed by atoms with van der Waals surface area (Å²) in [6.07, 6.45) is 7.66. The van der Waals surface area contributed by atoms with Gasteiger partial charge in [-0.25, -0.2) is 0 Å². The van der Waals surface area contributed by atoms with Crippen molar-refractivity contribution in [1.29, 1.82) is 0 Å². The zero-order valence-corrected chi connectivity index (χ0v) is 17.7. The Morgan fingerprint density at radius 1 is 1.03 bits per heavy atom. The predicted octanol–water partition coefficient (Wildman–Crippen LogP) is 5.70. The van der Waals surface area contributed by atoms with E-state index in [-0.39, 0.29) is 17.5 Å². The minimum absolute atomic E-state index is 0.143. The number of phenolic OH excluding ortho intramolecular Hbond substituents is 2. The fourth-order valence-electron chi connectivity index (χ4n) is 7.19. The Labute approximate surface area is 177 Å². The fraction of sp³-hybridized carbons (Fsp3) is 0.500. The highest BCUT2D eigenvalue weighted by atomic mass is 16.5. The highest BCUT2D eigenvalue weighted by Gasteiger charge is 2.52. The number of hydrogen-bond acceptors (Lipinski definition) is 4. The van der Waals surface area contributed by atoms with Crippen LogP contribution in [-0.2, 0) is 0 Å². The molecule has 7 rings (SSSR count). The van der Waals surface area contributed by atoms with Crippen LogP contribution < -0.4 is 4.74 Å². The zero-order chi connectivity index (χ0) is 20.6. The quantitative estimate of drug-likeness (QED) is 0.632. The number of methoxy groups -OCH3 is 1. The van der Waals surface area contributed by atoms with Gasteiger partial charge in [0.15, 0.2) is 0 Å². The van der Waals surface area contributed by atoms with Gasteiger partial charge in [-0.2, -0.15) is 0 Å². The molecule has 2 N–H and O–H groups in total. The third-order valence-electron chi connectivity index (χ3n) is 8.64. The lowest BCUT2D eigenvalue weighted by Crippen LogP contribution is -2.41. The van der Waals surface area contributed by atoms with Crippen LogP contribution in [0.1, 0.15) is 79.7 Å². The van der Waals surface area contributed by atoms with Crippen molar-refractivity contribution in [3.63, 3.8) is 0 Å². The van der Waals surface area contributed by atoms with Crippen LogP contribution in [-0.4, -0.2) is 23.0 Å². The summed E-state index contributed by atoms with van der Waals surface area (Å²) in [6, 6.07) is 8.81. The van der Waals surface area contributed by atoms with Gasteiger partial charge in [0.05, 0.1) is 7.11 Å². The van der Waals surface area contributed by atoms with Crippen LogP contribution in [0.4, 0.5) is 0 Å². The molecule has 4 heteroatoms. The summed E-state index contributed by atoms with van der Waals surface area (Å²) in [5.74, 6) is 3.16. The summed E-state index contributed by atoms with van der Waals surface area (Å²) in [5, 5.41) is 20.7. The number of ether oxygens (including phenoxy) is 1. The maximum Gasteiger partial charge on any atom is 0.125 e. The van der Waals surface area contributed by atoms with Crippen LogP contribution in [0.15, 0.2) is 35.3 Å². The van der Waals surface area contributed by atoms with Crippen LogP contribution in [0, 0.1) is 17.3 Å². The molecule has 5 atom stereocenters. The summed E-state index contributed by atoms with van der Waals surface area (Å²) in [6.45, 7) is 2.51. The molecule has 2 heterocycles. The molecule has 0 amide bonds. The molecule has 156 valence electrons. The number of fused-ring (bicyclic) bond motifs is 5. The maximum atomic E-state index is 10.6. The van der Waals surface area contributed by atoms with Gasteiger partial charge in [0.1, 0.15) is 23.3 Å². The number of aromatic hydroxyl groups is 2. The molecule has 30 heavy (non-hydrogen) atoms. The second-order valence-electron chi connectivity index (χ2n) is 10.1. The van der Waals surface area contributed by atoms with Crippen molar-refractivity contribution < 1.29 is 14.9 Å². The van der Waals surface area contributed by atoms with E-state index < -0.39 is 0 Å². The summed E-state index contributed by atoms with van der Waals surface area (Å²) >= 11 is 0. The van der Waals surface area contributed by atoms with Crippen LogP contribution in [0.5, 0.6) is 17.2 Å². The maximum absolute atomic E-state index is 10.6. The highest BCUT2D eigenvalue weighted by molar-refractivity contribution is 6.05. The van der Waals surface area contributed by atoms with Gasteiger partial charge in [-0.3, -0.25) is 4.99 Å². The summed E-state index contributed by atoms with van der Waals surface area (Å²) in [5.41, 5.74) is 5.94. The third kappa shape index (κ3) is 2.42. The number of hydrogen-bond donors (Lipinski definition) is 2. The molecule has 4 nitrogen and oxygen atoms in total. The molecule has 0 spiro atoms. The highest BCUT2D eigenvalue weighted by Crippen LogP contribution is 2.62. The van der Waals surface area contributed by atoms with E-state index in [1.165, 1.54) is 49.3 Å². The van der Waals surface area contributed by atoms with Crippen LogP contribution in [0.2, 0.25) is 0 Å². The lowest BCUT2D eigenvalue weighted by atomic mass is 9.55. The lowest BCUT2D eigenvalue weighted by Gasteiger charge is -2.49. The monoisotopic (exact) mass is 403 g/mol. The molecule has 0 aromatic heterocycles. The molecule has 1 unspecified atom stereocenters. The Hall–Kier alpha value is -2.49. The molecule has 3 aliphatic carbocycles. The first-order chi connectivity index (χ1) is 14.5. The third-order valence-corrected chi connectivity index (χ3v) is 8.64. The Kier molecular flexibility index (Phi) is 3.82. The first-order valence-electron chi connectivity index (χ1n) is 11.3. The first-order valence-corrected chi connectivity index (χ1v) is 11.3. The Morgan fingerprint density at radius 2 is 1.90 bits per heavy atom. The van der Waals surface area contributed by atoms with E-state index in [0.717, 1.165) is 29.4 Å². The molecule has 2 aromatic rings. The van der Waals surface area contributed by atoms with Crippen molar-refractivity contribution in [3.8, 4) is 17.2 Å². The van der Waals surface area contributed by atoms with E-state index in [1.807, 2.05) is 0 Å². The average Bonchev–Trinajstić information content (AvgIpc) is 3.03. The van der Waals surface area contributed by atoms with Crippen molar-refractivity contribution in [2.24, 2.45) is 22.2 Å². The molecule has 5 aliphatic rings. The van der Waals surface area contributed by atoms with Crippen LogP contribution in [0.3, 0.4) is 0 Å². The lowest BCUT2D eigenvalue weighted by molar-refractivity contribution is 0.0719. The van der Waals surface area contributed by atoms with E-state index >= 15 is 0 Å². The van der Waals surface area contributed by atoms with Gasteiger partial charge in [0.2, 0.25) is 0 Å². The van der Waals surface area contributed by atoms with Crippen LogP contribution >= 0.6 is 0 Å². The fourth-order valence-corrected chi connectivity index (χ4v) is 7.19. The summed E-state index contributed by atoms with van der Waals surface area (Å²) in [4.78, 5) is 5.21. The Balaban J connectivity index is 1.53. The average molecular weight is 404 g/mol. The normalized spacial score (nSPS) is 33.5. The smallest absolute Gasteiger partial charge is 0.125 e. The Morgan fingerprint density at radius 3 is 2.73 bits per heavy atom. The minimum atomic E-state index is -0.358. The molecular formula is C26H29NO3. The molecule has 0 radical (unpaired) electrons. The first kappa shape index (κ1) is 18.3. The number of aliphatic imine (C=N–C) groups is 1. The van der Waals surface area contributed by atoms with Crippen molar-refractivity contribution in [3.05, 3.63) is 52.6 Å². The van der Waals surface area contributed by atoms with Gasteiger partial charge in [-0.15, -0.1) is 0 Å². The Bertz CT molecular complexity index is 1070. The SMILES string of the molecule is COc1cc2c3cc1C(c1cc(O)ccc1O)N=C2C[C@@H]1[C@@H]3CC[C@]2(C)CCC[C@@H]12. The molecule has 2 aromatic carbocycles. The second kappa shape index (κ2) is 6.26. The van der Waals surface area contributed by atoms with Gasteiger partial charge >= 0.3 is 0 Å². The van der Waals surface area contributed by atoms with E-state index in [2.05, 4.69) is 19.1 Å².